The van der Waals surface area contributed by atoms with Gasteiger partial charge in [0.15, 0.2) is 4.80 Å². The molecule has 0 N–H and O–H groups in total. The van der Waals surface area contributed by atoms with Crippen molar-refractivity contribution in [2.75, 3.05) is 13.7 Å². The molecule has 4 aromatic rings. The summed E-state index contributed by atoms with van der Waals surface area (Å²) >= 11 is 7.55. The van der Waals surface area contributed by atoms with Crippen molar-refractivity contribution in [3.8, 4) is 11.5 Å². The summed E-state index contributed by atoms with van der Waals surface area (Å²) in [5, 5.41) is 0.645. The Labute approximate surface area is 182 Å². The molecule has 0 bridgehead atoms. The van der Waals surface area contributed by atoms with E-state index >= 15 is 0 Å². The summed E-state index contributed by atoms with van der Waals surface area (Å²) in [6.07, 6.45) is 0. The van der Waals surface area contributed by atoms with E-state index in [2.05, 4.69) is 4.99 Å². The molecule has 0 unspecified atom stereocenters. The molecule has 30 heavy (non-hydrogen) atoms. The lowest BCUT2D eigenvalue weighted by Crippen LogP contribution is -2.19. The van der Waals surface area contributed by atoms with Gasteiger partial charge in [-0.15, -0.1) is 0 Å². The molecule has 0 aliphatic heterocycles. The van der Waals surface area contributed by atoms with Gasteiger partial charge >= 0.3 is 0 Å². The van der Waals surface area contributed by atoms with Crippen molar-refractivity contribution in [2.45, 2.75) is 6.54 Å². The zero-order valence-electron chi connectivity index (χ0n) is 16.2. The van der Waals surface area contributed by atoms with Gasteiger partial charge in [-0.3, -0.25) is 4.79 Å². The summed E-state index contributed by atoms with van der Waals surface area (Å²) in [7, 11) is 1.65. The quantitative estimate of drug-likeness (QED) is 0.397. The van der Waals surface area contributed by atoms with Gasteiger partial charge in [0.1, 0.15) is 11.5 Å². The summed E-state index contributed by atoms with van der Waals surface area (Å²) in [6.45, 7) is 1.09. The smallest absolute Gasteiger partial charge is 0.279 e. The molecule has 0 spiro atoms. The van der Waals surface area contributed by atoms with E-state index in [1.165, 1.54) is 11.3 Å². The number of aromatic nitrogens is 1. The number of amides is 1. The van der Waals surface area contributed by atoms with Crippen molar-refractivity contribution in [1.29, 1.82) is 0 Å². The monoisotopic (exact) mass is 438 g/mol. The van der Waals surface area contributed by atoms with E-state index < -0.39 is 0 Å². The molecule has 1 heterocycles. The topological polar surface area (TPSA) is 52.8 Å². The molecule has 0 radical (unpaired) electrons. The van der Waals surface area contributed by atoms with Gasteiger partial charge in [-0.05, 0) is 48.5 Å². The van der Waals surface area contributed by atoms with Crippen LogP contribution in [0.2, 0.25) is 5.02 Å². The average molecular weight is 439 g/mol. The van der Waals surface area contributed by atoms with Gasteiger partial charge < -0.3 is 14.0 Å². The largest absolute Gasteiger partial charge is 0.457 e. The van der Waals surface area contributed by atoms with Gasteiger partial charge in [-0.25, -0.2) is 0 Å². The first kappa shape index (κ1) is 20.3. The van der Waals surface area contributed by atoms with E-state index in [1.54, 1.807) is 25.3 Å². The minimum Gasteiger partial charge on any atom is -0.457 e. The number of hydrogen-bond donors (Lipinski definition) is 0. The maximum atomic E-state index is 12.9. The molecule has 0 fully saturated rings. The van der Waals surface area contributed by atoms with Crippen LogP contribution >= 0.6 is 22.9 Å². The van der Waals surface area contributed by atoms with Crippen molar-refractivity contribution in [3.63, 3.8) is 0 Å². The van der Waals surface area contributed by atoms with E-state index in [1.807, 2.05) is 59.2 Å². The van der Waals surface area contributed by atoms with Gasteiger partial charge in [-0.1, -0.05) is 47.2 Å². The molecule has 1 aromatic heterocycles. The Morgan fingerprint density at radius 2 is 1.83 bits per heavy atom. The summed E-state index contributed by atoms with van der Waals surface area (Å²) in [5.41, 5.74) is 1.42. The number of methoxy groups -OCH3 is 1. The number of halogens is 1. The van der Waals surface area contributed by atoms with Crippen LogP contribution in [0.1, 0.15) is 10.4 Å². The third-order valence-corrected chi connectivity index (χ3v) is 5.70. The lowest BCUT2D eigenvalue weighted by Gasteiger charge is -2.06. The number of hydrogen-bond acceptors (Lipinski definition) is 4. The summed E-state index contributed by atoms with van der Waals surface area (Å²) in [4.78, 5) is 17.9. The molecular formula is C23H19ClN2O3S. The first-order chi connectivity index (χ1) is 14.6. The minimum absolute atomic E-state index is 0.336. The van der Waals surface area contributed by atoms with Crippen molar-refractivity contribution >= 4 is 39.1 Å². The van der Waals surface area contributed by atoms with Crippen LogP contribution in [0.5, 0.6) is 11.5 Å². The Morgan fingerprint density at radius 1 is 1.03 bits per heavy atom. The molecule has 152 valence electrons. The van der Waals surface area contributed by atoms with Crippen molar-refractivity contribution in [1.82, 2.24) is 4.57 Å². The van der Waals surface area contributed by atoms with Crippen LogP contribution < -0.4 is 9.54 Å². The number of rotatable bonds is 6. The molecule has 0 saturated heterocycles. The predicted molar refractivity (Wildman–Crippen MR) is 120 cm³/mol. The van der Waals surface area contributed by atoms with Crippen LogP contribution in [0, 0.1) is 0 Å². The van der Waals surface area contributed by atoms with Crippen molar-refractivity contribution in [2.24, 2.45) is 4.99 Å². The van der Waals surface area contributed by atoms with E-state index in [-0.39, 0.29) is 5.91 Å². The predicted octanol–water partition coefficient (Wildman–Crippen LogP) is 5.54. The van der Waals surface area contributed by atoms with Crippen LogP contribution in [0.4, 0.5) is 0 Å². The molecular weight excluding hydrogens is 420 g/mol. The zero-order valence-corrected chi connectivity index (χ0v) is 17.8. The number of para-hydroxylation sites is 1. The van der Waals surface area contributed by atoms with Gasteiger partial charge in [0.2, 0.25) is 0 Å². The SMILES string of the molecule is COCCn1c(=NC(=O)c2cccc(Oc3ccccc3)c2)sc2cc(Cl)ccc21. The molecule has 0 saturated carbocycles. The number of ether oxygens (including phenoxy) is 2. The highest BCUT2D eigenvalue weighted by Crippen LogP contribution is 2.23. The van der Waals surface area contributed by atoms with Crippen LogP contribution in [-0.4, -0.2) is 24.2 Å². The van der Waals surface area contributed by atoms with Gasteiger partial charge in [-0.2, -0.15) is 4.99 Å². The minimum atomic E-state index is -0.336. The van der Waals surface area contributed by atoms with E-state index in [0.29, 0.717) is 40.0 Å². The molecule has 5 nitrogen and oxygen atoms in total. The molecule has 7 heteroatoms. The maximum absolute atomic E-state index is 12.9. The van der Waals surface area contributed by atoms with E-state index in [9.17, 15) is 4.79 Å². The number of fused-ring (bicyclic) bond motifs is 1. The second-order valence-electron chi connectivity index (χ2n) is 6.50. The van der Waals surface area contributed by atoms with Crippen LogP contribution in [-0.2, 0) is 11.3 Å². The first-order valence-corrected chi connectivity index (χ1v) is 10.5. The highest BCUT2D eigenvalue weighted by Gasteiger charge is 2.11. The summed E-state index contributed by atoms with van der Waals surface area (Å²) < 4.78 is 14.0. The number of nitrogens with zero attached hydrogens (tertiary/aromatic N) is 2. The van der Waals surface area contributed by atoms with E-state index in [0.717, 1.165) is 10.2 Å². The third kappa shape index (κ3) is 4.62. The van der Waals surface area contributed by atoms with Crippen molar-refractivity contribution < 1.29 is 14.3 Å². The van der Waals surface area contributed by atoms with Gasteiger partial charge in [0, 0.05) is 24.2 Å². The second kappa shape index (κ2) is 9.26. The molecule has 1 amide bonds. The number of carbonyl (C=O) groups is 1. The summed E-state index contributed by atoms with van der Waals surface area (Å²) in [6, 6.07) is 22.1. The molecule has 3 aromatic carbocycles. The Kier molecular flexibility index (Phi) is 6.28. The lowest BCUT2D eigenvalue weighted by molar-refractivity contribution is 0.0997. The van der Waals surface area contributed by atoms with Gasteiger partial charge in [0.25, 0.3) is 5.91 Å². The Hall–Kier alpha value is -2.93. The maximum Gasteiger partial charge on any atom is 0.279 e. The fraction of sp³-hybridized carbons (Fsp3) is 0.130. The fourth-order valence-corrected chi connectivity index (χ4v) is 4.33. The standard InChI is InChI=1S/C23H19ClN2O3S/c1-28-13-12-26-20-11-10-17(24)15-21(20)30-23(26)25-22(27)16-6-5-9-19(14-16)29-18-7-3-2-4-8-18/h2-11,14-15H,12-13H2,1H3. The van der Waals surface area contributed by atoms with Gasteiger partial charge in [0.05, 0.1) is 16.8 Å². The lowest BCUT2D eigenvalue weighted by atomic mass is 10.2. The Morgan fingerprint density at radius 3 is 2.63 bits per heavy atom. The summed E-state index contributed by atoms with van der Waals surface area (Å²) in [5.74, 6) is 0.952. The zero-order chi connectivity index (χ0) is 20.9. The first-order valence-electron chi connectivity index (χ1n) is 9.34. The highest BCUT2D eigenvalue weighted by atomic mass is 35.5. The molecule has 4 rings (SSSR count). The van der Waals surface area contributed by atoms with E-state index in [4.69, 9.17) is 21.1 Å². The number of thiazole rings is 1. The van der Waals surface area contributed by atoms with Crippen molar-refractivity contribution in [3.05, 3.63) is 88.2 Å². The second-order valence-corrected chi connectivity index (χ2v) is 7.95. The van der Waals surface area contributed by atoms with Crippen LogP contribution in [0.3, 0.4) is 0 Å². The molecule has 0 aliphatic carbocycles. The highest BCUT2D eigenvalue weighted by molar-refractivity contribution is 7.16. The Balaban J connectivity index is 1.68. The molecule has 0 atom stereocenters. The number of benzene rings is 3. The normalized spacial score (nSPS) is 11.7. The molecule has 0 aliphatic rings. The fourth-order valence-electron chi connectivity index (χ4n) is 3.00. The average Bonchev–Trinajstić information content (AvgIpc) is 3.09. The number of carbonyl (C=O) groups excluding carboxylic acids is 1. The third-order valence-electron chi connectivity index (χ3n) is 4.42. The Bertz CT molecular complexity index is 1250. The van der Waals surface area contributed by atoms with Crippen LogP contribution in [0.15, 0.2) is 77.8 Å². The van der Waals surface area contributed by atoms with Crippen LogP contribution in [0.25, 0.3) is 10.2 Å².